The molecule has 27 heavy (non-hydrogen) atoms. The maximum Gasteiger partial charge on any atom is 0.309 e. The number of carbonyl (C=O) groups excluding carboxylic acids is 1. The summed E-state index contributed by atoms with van der Waals surface area (Å²) in [6.45, 7) is 2.30. The molecule has 1 fully saturated rings. The van der Waals surface area contributed by atoms with Crippen molar-refractivity contribution in [3.63, 3.8) is 0 Å². The van der Waals surface area contributed by atoms with Gasteiger partial charge in [0.15, 0.2) is 0 Å². The molecule has 0 bridgehead atoms. The first kappa shape index (κ1) is 20.4. The molecule has 1 aromatic carbocycles. The van der Waals surface area contributed by atoms with Crippen molar-refractivity contribution in [2.45, 2.75) is 84.0 Å². The third kappa shape index (κ3) is 5.33. The zero-order valence-corrected chi connectivity index (χ0v) is 17.1. The lowest BCUT2D eigenvalue weighted by atomic mass is 9.76. The predicted octanol–water partition coefficient (Wildman–Crippen LogP) is 6.03. The second-order valence-electron chi connectivity index (χ2n) is 8.85. The van der Waals surface area contributed by atoms with E-state index < -0.39 is 0 Å². The molecule has 0 aliphatic heterocycles. The van der Waals surface area contributed by atoms with Gasteiger partial charge in [0.1, 0.15) is 5.82 Å². The highest BCUT2D eigenvalue weighted by atomic mass is 19.1. The summed E-state index contributed by atoms with van der Waals surface area (Å²) >= 11 is 0. The summed E-state index contributed by atoms with van der Waals surface area (Å²) in [5.41, 5.74) is 3.13. The minimum Gasteiger partial charge on any atom is -0.469 e. The number of carbonyl (C=O) groups is 1. The zero-order chi connectivity index (χ0) is 19.2. The number of esters is 1. The summed E-state index contributed by atoms with van der Waals surface area (Å²) in [5.74, 6) is 0.371. The van der Waals surface area contributed by atoms with Crippen molar-refractivity contribution >= 4 is 5.97 Å². The minimum atomic E-state index is -0.231. The molecule has 0 aromatic heterocycles. The van der Waals surface area contributed by atoms with E-state index in [1.54, 1.807) is 6.07 Å². The van der Waals surface area contributed by atoms with E-state index in [-0.39, 0.29) is 17.7 Å². The van der Waals surface area contributed by atoms with Crippen LogP contribution in [0.3, 0.4) is 0 Å². The van der Waals surface area contributed by atoms with Gasteiger partial charge in [-0.3, -0.25) is 4.79 Å². The van der Waals surface area contributed by atoms with Crippen molar-refractivity contribution < 1.29 is 13.9 Å². The summed E-state index contributed by atoms with van der Waals surface area (Å²) in [4.78, 5) is 12.7. The highest BCUT2D eigenvalue weighted by molar-refractivity contribution is 5.73. The minimum absolute atomic E-state index is 0.141. The molecule has 0 N–H and O–H groups in total. The molecule has 150 valence electrons. The first-order valence-electron chi connectivity index (χ1n) is 11.0. The summed E-state index contributed by atoms with van der Waals surface area (Å²) in [7, 11) is 1.47. The Labute approximate surface area is 163 Å². The molecule has 3 atom stereocenters. The number of hydrogen-bond acceptors (Lipinski definition) is 2. The van der Waals surface area contributed by atoms with Crippen LogP contribution >= 0.6 is 0 Å². The first-order valence-corrected chi connectivity index (χ1v) is 11.0. The number of rotatable bonds is 4. The van der Waals surface area contributed by atoms with Gasteiger partial charge < -0.3 is 4.74 Å². The van der Waals surface area contributed by atoms with E-state index in [9.17, 15) is 9.18 Å². The van der Waals surface area contributed by atoms with E-state index in [4.69, 9.17) is 4.74 Å². The molecule has 3 rings (SSSR count). The molecule has 0 radical (unpaired) electrons. The lowest BCUT2D eigenvalue weighted by Gasteiger charge is -2.29. The number of ether oxygens (including phenoxy) is 1. The van der Waals surface area contributed by atoms with Crippen LogP contribution in [0, 0.1) is 23.6 Å². The highest BCUT2D eigenvalue weighted by Gasteiger charge is 2.31. The zero-order valence-electron chi connectivity index (χ0n) is 17.1. The van der Waals surface area contributed by atoms with Crippen LogP contribution in [0.2, 0.25) is 0 Å². The fourth-order valence-corrected chi connectivity index (χ4v) is 5.18. The van der Waals surface area contributed by atoms with Gasteiger partial charge in [-0.2, -0.15) is 0 Å². The van der Waals surface area contributed by atoms with E-state index in [0.717, 1.165) is 44.1 Å². The van der Waals surface area contributed by atoms with E-state index in [1.165, 1.54) is 44.8 Å². The largest absolute Gasteiger partial charge is 0.469 e. The Balaban J connectivity index is 1.81. The molecule has 0 amide bonds. The molecule has 2 aliphatic rings. The highest BCUT2D eigenvalue weighted by Crippen LogP contribution is 2.34. The van der Waals surface area contributed by atoms with Crippen LogP contribution in [0.15, 0.2) is 12.1 Å². The third-order valence-corrected chi connectivity index (χ3v) is 6.75. The van der Waals surface area contributed by atoms with Gasteiger partial charge >= 0.3 is 5.97 Å². The Kier molecular flexibility index (Phi) is 7.32. The molecule has 1 unspecified atom stereocenters. The van der Waals surface area contributed by atoms with Crippen LogP contribution in [0.5, 0.6) is 0 Å². The predicted molar refractivity (Wildman–Crippen MR) is 107 cm³/mol. The van der Waals surface area contributed by atoms with Gasteiger partial charge in [0.05, 0.1) is 13.0 Å². The maximum absolute atomic E-state index is 14.7. The molecule has 0 spiro atoms. The molecule has 2 aliphatic carbocycles. The van der Waals surface area contributed by atoms with Crippen molar-refractivity contribution in [1.29, 1.82) is 0 Å². The van der Waals surface area contributed by atoms with Gasteiger partial charge in [-0.1, -0.05) is 51.5 Å². The molecule has 0 heterocycles. The number of halogens is 1. The van der Waals surface area contributed by atoms with Crippen molar-refractivity contribution in [3.05, 3.63) is 34.6 Å². The summed E-state index contributed by atoms with van der Waals surface area (Å²) in [6.07, 6.45) is 13.2. The Hall–Kier alpha value is -1.38. The van der Waals surface area contributed by atoms with Crippen LogP contribution in [0.4, 0.5) is 4.39 Å². The summed E-state index contributed by atoms with van der Waals surface area (Å²) in [6, 6.07) is 3.74. The lowest BCUT2D eigenvalue weighted by molar-refractivity contribution is -0.147. The molecule has 1 aromatic rings. The molecule has 1 saturated carbocycles. The van der Waals surface area contributed by atoms with E-state index in [0.29, 0.717) is 23.8 Å². The van der Waals surface area contributed by atoms with Crippen LogP contribution in [-0.4, -0.2) is 13.1 Å². The average Bonchev–Trinajstić information content (AvgIpc) is 3.11. The second kappa shape index (κ2) is 9.71. The number of fused-ring (bicyclic) bond motifs is 1. The van der Waals surface area contributed by atoms with E-state index in [1.807, 2.05) is 6.07 Å². The molecule has 0 saturated heterocycles. The fraction of sp³-hybridized carbons (Fsp3) is 0.708. The van der Waals surface area contributed by atoms with Crippen molar-refractivity contribution in [3.8, 4) is 0 Å². The Morgan fingerprint density at radius 1 is 1.07 bits per heavy atom. The van der Waals surface area contributed by atoms with Gasteiger partial charge in [0.25, 0.3) is 0 Å². The lowest BCUT2D eigenvalue weighted by Crippen LogP contribution is -2.29. The van der Waals surface area contributed by atoms with Gasteiger partial charge in [0.2, 0.25) is 0 Å². The van der Waals surface area contributed by atoms with Gasteiger partial charge in [0, 0.05) is 0 Å². The Morgan fingerprint density at radius 2 is 1.74 bits per heavy atom. The standard InChI is InChI=1S/C24H35FO2/c1-17-9-6-4-3-5-7-10-20(13-17)22(24(26)27-2)15-21-14-18-11-8-12-19(18)16-23(21)25/h14,16-17,20,22H,3-13,15H2,1-2H3/t17-,20?,22-/m1/s1. The smallest absolute Gasteiger partial charge is 0.309 e. The number of hydrogen-bond donors (Lipinski definition) is 0. The number of methoxy groups -OCH3 is 1. The van der Waals surface area contributed by atoms with Gasteiger partial charge in [-0.05, 0) is 73.1 Å². The Morgan fingerprint density at radius 3 is 2.48 bits per heavy atom. The topological polar surface area (TPSA) is 26.3 Å². The number of benzene rings is 1. The molecule has 3 heteroatoms. The van der Waals surface area contributed by atoms with Crippen LogP contribution in [-0.2, 0) is 28.8 Å². The van der Waals surface area contributed by atoms with E-state index in [2.05, 4.69) is 6.92 Å². The molecule has 2 nitrogen and oxygen atoms in total. The average molecular weight is 375 g/mol. The van der Waals surface area contributed by atoms with E-state index >= 15 is 0 Å². The fourth-order valence-electron chi connectivity index (χ4n) is 5.18. The normalized spacial score (nSPS) is 24.9. The summed E-state index contributed by atoms with van der Waals surface area (Å²) < 4.78 is 19.9. The summed E-state index contributed by atoms with van der Waals surface area (Å²) in [5, 5.41) is 0. The van der Waals surface area contributed by atoms with Crippen molar-refractivity contribution in [1.82, 2.24) is 0 Å². The third-order valence-electron chi connectivity index (χ3n) is 6.75. The SMILES string of the molecule is COC(=O)[C@H](Cc1cc2c(cc1F)CCC2)C1CCCCCCC[C@@H](C)C1. The van der Waals surface area contributed by atoms with Crippen molar-refractivity contribution in [2.75, 3.05) is 7.11 Å². The molecular formula is C24H35FO2. The van der Waals surface area contributed by atoms with Crippen LogP contribution in [0.25, 0.3) is 0 Å². The van der Waals surface area contributed by atoms with Crippen LogP contribution in [0.1, 0.15) is 81.4 Å². The van der Waals surface area contributed by atoms with Crippen LogP contribution < -0.4 is 0 Å². The van der Waals surface area contributed by atoms with Crippen molar-refractivity contribution in [2.24, 2.45) is 17.8 Å². The monoisotopic (exact) mass is 374 g/mol. The molecular weight excluding hydrogens is 339 g/mol. The second-order valence-corrected chi connectivity index (χ2v) is 8.85. The maximum atomic E-state index is 14.7. The van der Waals surface area contributed by atoms with Gasteiger partial charge in [-0.15, -0.1) is 0 Å². The Bertz CT molecular complexity index is 640. The quantitative estimate of drug-likeness (QED) is 0.601. The number of aryl methyl sites for hydroxylation is 2. The first-order chi connectivity index (χ1) is 13.1. The van der Waals surface area contributed by atoms with Gasteiger partial charge in [-0.25, -0.2) is 4.39 Å².